The number of rotatable bonds is 7. The maximum Gasteiger partial charge on any atom is 0.250 e. The van der Waals surface area contributed by atoms with Crippen molar-refractivity contribution >= 4 is 19.9 Å². The minimum Gasteiger partial charge on any atom is -0.543 e. The van der Waals surface area contributed by atoms with Gasteiger partial charge in [0.2, 0.25) is 8.32 Å². The Balaban J connectivity index is 1.92. The summed E-state index contributed by atoms with van der Waals surface area (Å²) in [6.45, 7) is 15.6. The van der Waals surface area contributed by atoms with Gasteiger partial charge in [0.1, 0.15) is 11.9 Å². The third-order valence-electron chi connectivity index (χ3n) is 8.64. The monoisotopic (exact) mass is 492 g/mol. The zero-order valence-corrected chi connectivity index (χ0v) is 23.4. The van der Waals surface area contributed by atoms with Gasteiger partial charge in [-0.1, -0.05) is 51.8 Å². The first-order valence-electron chi connectivity index (χ1n) is 13.2. The van der Waals surface area contributed by atoms with Crippen molar-refractivity contribution < 1.29 is 8.82 Å². The molecule has 1 saturated carbocycles. The van der Waals surface area contributed by atoms with Crippen molar-refractivity contribution in [3.05, 3.63) is 41.5 Å². The van der Waals surface area contributed by atoms with Crippen LogP contribution in [0.1, 0.15) is 95.6 Å². The predicted octanol–water partition coefficient (Wildman–Crippen LogP) is 9.60. The van der Waals surface area contributed by atoms with Crippen LogP contribution in [0.3, 0.4) is 0 Å². The number of fused-ring (bicyclic) bond motifs is 3. The lowest BCUT2D eigenvalue weighted by Crippen LogP contribution is -2.44. The molecule has 186 valence electrons. The van der Waals surface area contributed by atoms with E-state index in [2.05, 4.69) is 58.6 Å². The van der Waals surface area contributed by atoms with E-state index < -0.39 is 14.5 Å². The van der Waals surface area contributed by atoms with Crippen molar-refractivity contribution in [1.29, 1.82) is 0 Å². The quantitative estimate of drug-likeness (QED) is 0.159. The Hall–Kier alpha value is -0.803. The van der Waals surface area contributed by atoms with Crippen molar-refractivity contribution in [3.63, 3.8) is 0 Å². The Kier molecular flexibility index (Phi) is 9.17. The van der Waals surface area contributed by atoms with E-state index in [4.69, 9.17) is 16.0 Å². The maximum absolute atomic E-state index is 15.9. The summed E-state index contributed by atoms with van der Waals surface area (Å²) >= 11 is 5.92. The highest BCUT2D eigenvalue weighted by molar-refractivity contribution is 6.74. The second kappa shape index (κ2) is 11.3. The lowest BCUT2D eigenvalue weighted by Gasteiger charge is -2.42. The molecule has 0 heterocycles. The molecule has 0 radical (unpaired) electrons. The number of halogens is 2. The Morgan fingerprint density at radius 3 is 2.58 bits per heavy atom. The second-order valence-corrected chi connectivity index (χ2v) is 17.2. The van der Waals surface area contributed by atoms with Crippen LogP contribution in [0.4, 0.5) is 4.39 Å². The van der Waals surface area contributed by atoms with Gasteiger partial charge < -0.3 is 4.43 Å². The van der Waals surface area contributed by atoms with Gasteiger partial charge in [-0.2, -0.15) is 0 Å². The fraction of sp³-hybridized carbons (Fsp3) is 0.724. The van der Waals surface area contributed by atoms with Crippen LogP contribution in [0, 0.1) is 11.8 Å². The lowest BCUT2D eigenvalue weighted by atomic mass is 9.64. The van der Waals surface area contributed by atoms with Gasteiger partial charge in [0.25, 0.3) is 0 Å². The summed E-state index contributed by atoms with van der Waals surface area (Å²) in [5.74, 6) is 2.71. The summed E-state index contributed by atoms with van der Waals surface area (Å²) in [7, 11) is -1.91. The highest BCUT2D eigenvalue weighted by atomic mass is 35.5. The molecule has 0 saturated heterocycles. The Labute approximate surface area is 208 Å². The largest absolute Gasteiger partial charge is 0.543 e. The first kappa shape index (κ1) is 26.8. The molecule has 0 spiro atoms. The van der Waals surface area contributed by atoms with Gasteiger partial charge in [-0.05, 0) is 105 Å². The van der Waals surface area contributed by atoms with Crippen molar-refractivity contribution in [2.24, 2.45) is 11.8 Å². The Morgan fingerprint density at radius 1 is 1.12 bits per heavy atom. The van der Waals surface area contributed by atoms with Gasteiger partial charge in [0, 0.05) is 11.8 Å². The summed E-state index contributed by atoms with van der Waals surface area (Å²) in [5, 5.41) is 0.156. The van der Waals surface area contributed by atoms with Crippen LogP contribution in [0.25, 0.3) is 0 Å². The third kappa shape index (κ3) is 6.66. The van der Waals surface area contributed by atoms with Crippen LogP contribution in [-0.4, -0.2) is 20.4 Å². The molecule has 4 unspecified atom stereocenters. The van der Waals surface area contributed by atoms with Crippen LogP contribution in [-0.2, 0) is 6.42 Å². The summed E-state index contributed by atoms with van der Waals surface area (Å²) in [5.41, 5.74) is 3.81. The average Bonchev–Trinajstić information content (AvgIpc) is 2.80. The smallest absolute Gasteiger partial charge is 0.250 e. The van der Waals surface area contributed by atoms with Gasteiger partial charge in [0.15, 0.2) is 0 Å². The van der Waals surface area contributed by atoms with Gasteiger partial charge in [-0.25, -0.2) is 4.39 Å². The zero-order valence-electron chi connectivity index (χ0n) is 21.7. The second-order valence-electron chi connectivity index (χ2n) is 12.1. The van der Waals surface area contributed by atoms with Gasteiger partial charge in [0.05, 0.1) is 0 Å². The van der Waals surface area contributed by atoms with Crippen LogP contribution >= 0.6 is 11.6 Å². The standard InChI is InChI=1S/C29H46ClFOSi/c1-21-11-10-13-25-22(12-8-7-9-18-30)19-23-20-24(32-33(5,6)29(2,3)4)15-16-26(23)28(25)27(31)17-14-21/h15-16,20,22,25,27-28H,1,7-14,17-19H2,2-6H3. The minimum absolute atomic E-state index is 0.0135. The van der Waals surface area contributed by atoms with E-state index in [0.29, 0.717) is 18.3 Å². The van der Waals surface area contributed by atoms with Crippen molar-refractivity contribution in [3.8, 4) is 5.75 Å². The number of hydrogen-bond acceptors (Lipinski definition) is 1. The topological polar surface area (TPSA) is 9.23 Å². The van der Waals surface area contributed by atoms with Crippen LogP contribution in [0.2, 0.25) is 18.1 Å². The summed E-state index contributed by atoms with van der Waals surface area (Å²) < 4.78 is 22.5. The number of allylic oxidation sites excluding steroid dienone is 1. The highest BCUT2D eigenvalue weighted by Crippen LogP contribution is 2.49. The van der Waals surface area contributed by atoms with Crippen LogP contribution in [0.15, 0.2) is 30.4 Å². The fourth-order valence-electron chi connectivity index (χ4n) is 5.66. The highest BCUT2D eigenvalue weighted by Gasteiger charge is 2.42. The molecule has 0 aromatic heterocycles. The lowest BCUT2D eigenvalue weighted by molar-refractivity contribution is 0.141. The molecule has 2 aliphatic carbocycles. The summed E-state index contributed by atoms with van der Waals surface area (Å²) in [6.07, 6.45) is 9.65. The van der Waals surface area contributed by atoms with E-state index >= 15 is 4.39 Å². The molecule has 4 heteroatoms. The number of benzene rings is 1. The van der Waals surface area contributed by atoms with E-state index in [0.717, 1.165) is 50.2 Å². The van der Waals surface area contributed by atoms with E-state index in [1.165, 1.54) is 36.0 Å². The summed E-state index contributed by atoms with van der Waals surface area (Å²) in [6, 6.07) is 6.59. The van der Waals surface area contributed by atoms with Crippen LogP contribution < -0.4 is 4.43 Å². The third-order valence-corrected chi connectivity index (χ3v) is 13.3. The molecule has 3 rings (SSSR count). The van der Waals surface area contributed by atoms with E-state index in [1.54, 1.807) is 0 Å². The normalized spacial score (nSPS) is 26.6. The maximum atomic E-state index is 15.9. The fourth-order valence-corrected chi connectivity index (χ4v) is 6.87. The van der Waals surface area contributed by atoms with Crippen LogP contribution in [0.5, 0.6) is 5.75 Å². The first-order valence-corrected chi connectivity index (χ1v) is 16.7. The van der Waals surface area contributed by atoms with Crippen molar-refractivity contribution in [1.82, 2.24) is 0 Å². The summed E-state index contributed by atoms with van der Waals surface area (Å²) in [4.78, 5) is 0. The number of alkyl halides is 2. The molecule has 33 heavy (non-hydrogen) atoms. The molecule has 0 amide bonds. The molecule has 4 atom stereocenters. The molecule has 1 aromatic rings. The Bertz CT molecular complexity index is 799. The number of unbranched alkanes of at least 4 members (excludes halogenated alkanes) is 2. The molecular weight excluding hydrogens is 447 g/mol. The molecule has 1 fully saturated rings. The SMILES string of the molecule is C=C1CCCC2C(CCCCCCl)Cc3cc(O[Si](C)(C)C(C)(C)C)ccc3C2C(F)CC1. The van der Waals surface area contributed by atoms with E-state index in [-0.39, 0.29) is 11.0 Å². The van der Waals surface area contributed by atoms with E-state index in [1.807, 2.05) is 0 Å². The van der Waals surface area contributed by atoms with Crippen molar-refractivity contribution in [2.45, 2.75) is 115 Å². The van der Waals surface area contributed by atoms with E-state index in [9.17, 15) is 0 Å². The molecule has 2 aliphatic rings. The molecule has 0 aliphatic heterocycles. The molecule has 1 nitrogen and oxygen atoms in total. The number of hydrogen-bond donors (Lipinski definition) is 0. The molecule has 1 aromatic carbocycles. The van der Waals surface area contributed by atoms with Gasteiger partial charge in [-0.15, -0.1) is 11.6 Å². The first-order chi connectivity index (χ1) is 15.5. The molecular formula is C29H46ClFOSi. The average molecular weight is 493 g/mol. The predicted molar refractivity (Wildman–Crippen MR) is 144 cm³/mol. The molecule has 0 bridgehead atoms. The Morgan fingerprint density at radius 2 is 1.88 bits per heavy atom. The van der Waals surface area contributed by atoms with Gasteiger partial charge >= 0.3 is 0 Å². The van der Waals surface area contributed by atoms with Crippen molar-refractivity contribution in [2.75, 3.05) is 5.88 Å². The zero-order chi connectivity index (χ0) is 24.2. The minimum atomic E-state index is -1.91. The molecule has 0 N–H and O–H groups in total. The van der Waals surface area contributed by atoms with Gasteiger partial charge in [-0.3, -0.25) is 0 Å².